The standard InChI is InChI=1S/C20H16Cl2F3N7O3/c1-31(2)19(35)29-28-17(33)11-8-10(21)5-6-13(11)27-18(34)14-9-15(20(23,24)25)30-32(14)16-12(22)4-3-7-26-16/h3-9H,1-2H3,(H,27,34)(H,28,33)(H,29,35). The molecule has 2 heterocycles. The van der Waals surface area contributed by atoms with Gasteiger partial charge in [0, 0.05) is 31.4 Å². The number of hydrogen-bond acceptors (Lipinski definition) is 5. The number of amides is 4. The van der Waals surface area contributed by atoms with Crippen molar-refractivity contribution in [3.05, 3.63) is 69.6 Å². The van der Waals surface area contributed by atoms with Crippen molar-refractivity contribution in [2.24, 2.45) is 0 Å². The molecule has 3 aromatic rings. The number of alkyl halides is 3. The third-order valence-corrected chi connectivity index (χ3v) is 4.87. The summed E-state index contributed by atoms with van der Waals surface area (Å²) in [7, 11) is 2.89. The summed E-state index contributed by atoms with van der Waals surface area (Å²) in [6.45, 7) is 0. The third kappa shape index (κ3) is 6.00. The number of anilines is 1. The average molecular weight is 530 g/mol. The summed E-state index contributed by atoms with van der Waals surface area (Å²) in [5.41, 5.74) is 2.09. The predicted molar refractivity (Wildman–Crippen MR) is 120 cm³/mol. The largest absolute Gasteiger partial charge is 0.435 e. The van der Waals surface area contributed by atoms with Crippen molar-refractivity contribution < 1.29 is 27.6 Å². The zero-order chi connectivity index (χ0) is 25.9. The summed E-state index contributed by atoms with van der Waals surface area (Å²) in [5.74, 6) is -2.12. The summed E-state index contributed by atoms with van der Waals surface area (Å²) in [6.07, 6.45) is -3.60. The van der Waals surface area contributed by atoms with E-state index in [2.05, 4.69) is 26.3 Å². The van der Waals surface area contributed by atoms with Crippen LogP contribution in [0.5, 0.6) is 0 Å². The molecule has 0 spiro atoms. The first kappa shape index (κ1) is 25.8. The van der Waals surface area contributed by atoms with Crippen LogP contribution in [-0.4, -0.2) is 51.6 Å². The van der Waals surface area contributed by atoms with Crippen molar-refractivity contribution in [3.63, 3.8) is 0 Å². The molecule has 0 bridgehead atoms. The fourth-order valence-electron chi connectivity index (χ4n) is 2.67. The lowest BCUT2D eigenvalue weighted by Crippen LogP contribution is -2.46. The number of carbonyl (C=O) groups is 3. The Bertz CT molecular complexity index is 1300. The van der Waals surface area contributed by atoms with Crippen molar-refractivity contribution in [2.45, 2.75) is 6.18 Å². The van der Waals surface area contributed by atoms with Crippen LogP contribution in [0.2, 0.25) is 10.0 Å². The second kappa shape index (κ2) is 10.2. The number of hydrazine groups is 1. The fraction of sp³-hybridized carbons (Fsp3) is 0.150. The highest BCUT2D eigenvalue weighted by atomic mass is 35.5. The monoisotopic (exact) mass is 529 g/mol. The number of carbonyl (C=O) groups excluding carboxylic acids is 3. The van der Waals surface area contributed by atoms with Gasteiger partial charge in [0.2, 0.25) is 0 Å². The first-order valence-electron chi connectivity index (χ1n) is 9.55. The number of nitrogens with one attached hydrogen (secondary N) is 3. The number of benzene rings is 1. The van der Waals surface area contributed by atoms with Gasteiger partial charge in [-0.25, -0.2) is 19.9 Å². The normalized spacial score (nSPS) is 11.1. The Balaban J connectivity index is 1.97. The minimum absolute atomic E-state index is 0.0541. The molecular formula is C20H16Cl2F3N7O3. The Morgan fingerprint density at radius 2 is 1.74 bits per heavy atom. The molecule has 3 rings (SSSR count). The zero-order valence-electron chi connectivity index (χ0n) is 17.9. The zero-order valence-corrected chi connectivity index (χ0v) is 19.5. The number of aromatic nitrogens is 3. The summed E-state index contributed by atoms with van der Waals surface area (Å²) < 4.78 is 40.7. The number of halogens is 5. The Morgan fingerprint density at radius 3 is 2.37 bits per heavy atom. The second-order valence-electron chi connectivity index (χ2n) is 7.06. The van der Waals surface area contributed by atoms with E-state index in [1.807, 2.05) is 0 Å². The van der Waals surface area contributed by atoms with E-state index in [1.165, 1.54) is 50.6 Å². The van der Waals surface area contributed by atoms with Gasteiger partial charge in [-0.1, -0.05) is 23.2 Å². The van der Waals surface area contributed by atoms with Gasteiger partial charge < -0.3 is 10.2 Å². The number of rotatable bonds is 4. The SMILES string of the molecule is CN(C)C(=O)NNC(=O)c1cc(Cl)ccc1NC(=O)c1cc(C(F)(F)F)nn1-c1ncccc1Cl. The Morgan fingerprint density at radius 1 is 1.03 bits per heavy atom. The van der Waals surface area contributed by atoms with E-state index in [4.69, 9.17) is 23.2 Å². The van der Waals surface area contributed by atoms with Crippen LogP contribution in [0.15, 0.2) is 42.6 Å². The van der Waals surface area contributed by atoms with E-state index < -0.39 is 35.4 Å². The minimum atomic E-state index is -4.86. The summed E-state index contributed by atoms with van der Waals surface area (Å²) in [4.78, 5) is 42.3. The van der Waals surface area contributed by atoms with Gasteiger partial charge in [0.05, 0.1) is 16.3 Å². The summed E-state index contributed by atoms with van der Waals surface area (Å²) in [5, 5.41) is 5.87. The van der Waals surface area contributed by atoms with Gasteiger partial charge in [0.15, 0.2) is 11.5 Å². The van der Waals surface area contributed by atoms with Gasteiger partial charge in [-0.05, 0) is 30.3 Å². The lowest BCUT2D eigenvalue weighted by atomic mass is 10.1. The van der Waals surface area contributed by atoms with Crippen LogP contribution in [0.4, 0.5) is 23.7 Å². The third-order valence-electron chi connectivity index (χ3n) is 4.34. The van der Waals surface area contributed by atoms with Crippen LogP contribution in [0.1, 0.15) is 26.5 Å². The van der Waals surface area contributed by atoms with Gasteiger partial charge in [0.25, 0.3) is 11.8 Å². The maximum atomic E-state index is 13.3. The van der Waals surface area contributed by atoms with Crippen LogP contribution < -0.4 is 16.2 Å². The molecule has 0 saturated carbocycles. The lowest BCUT2D eigenvalue weighted by molar-refractivity contribution is -0.141. The second-order valence-corrected chi connectivity index (χ2v) is 7.90. The fourth-order valence-corrected chi connectivity index (χ4v) is 3.04. The van der Waals surface area contributed by atoms with Crippen molar-refractivity contribution in [2.75, 3.05) is 19.4 Å². The highest BCUT2D eigenvalue weighted by Gasteiger charge is 2.36. The van der Waals surface area contributed by atoms with E-state index >= 15 is 0 Å². The summed E-state index contributed by atoms with van der Waals surface area (Å²) in [6, 6.07) is 6.51. The van der Waals surface area contributed by atoms with Crippen LogP contribution in [0.3, 0.4) is 0 Å². The van der Waals surface area contributed by atoms with Gasteiger partial charge >= 0.3 is 12.2 Å². The maximum Gasteiger partial charge on any atom is 0.435 e. The van der Waals surface area contributed by atoms with E-state index in [0.717, 1.165) is 4.90 Å². The van der Waals surface area contributed by atoms with E-state index in [0.29, 0.717) is 10.7 Å². The minimum Gasteiger partial charge on any atom is -0.330 e. The first-order valence-corrected chi connectivity index (χ1v) is 10.3. The molecule has 2 aromatic heterocycles. The highest BCUT2D eigenvalue weighted by Crippen LogP contribution is 2.31. The molecular weight excluding hydrogens is 514 g/mol. The van der Waals surface area contributed by atoms with Crippen molar-refractivity contribution >= 4 is 46.7 Å². The maximum absolute atomic E-state index is 13.3. The van der Waals surface area contributed by atoms with Crippen LogP contribution in [-0.2, 0) is 6.18 Å². The average Bonchev–Trinajstić information content (AvgIpc) is 3.24. The number of pyridine rings is 1. The van der Waals surface area contributed by atoms with Crippen molar-refractivity contribution in [3.8, 4) is 5.82 Å². The molecule has 15 heteroatoms. The molecule has 0 aliphatic carbocycles. The molecule has 0 atom stereocenters. The quantitative estimate of drug-likeness (QED) is 0.444. The molecule has 1 aromatic carbocycles. The number of hydrogen-bond donors (Lipinski definition) is 3. The molecule has 0 unspecified atom stereocenters. The highest BCUT2D eigenvalue weighted by molar-refractivity contribution is 6.32. The van der Waals surface area contributed by atoms with E-state index in [1.54, 1.807) is 0 Å². The Labute approximate surface area is 206 Å². The van der Waals surface area contributed by atoms with Crippen LogP contribution in [0, 0.1) is 0 Å². The lowest BCUT2D eigenvalue weighted by Gasteiger charge is -2.15. The molecule has 0 radical (unpaired) electrons. The number of urea groups is 1. The molecule has 10 nitrogen and oxygen atoms in total. The molecule has 0 aliphatic rings. The van der Waals surface area contributed by atoms with Crippen molar-refractivity contribution in [1.82, 2.24) is 30.5 Å². The molecule has 0 aliphatic heterocycles. The molecule has 0 saturated heterocycles. The van der Waals surface area contributed by atoms with Gasteiger partial charge in [0.1, 0.15) is 5.69 Å². The molecule has 184 valence electrons. The number of nitrogens with zero attached hydrogens (tertiary/aromatic N) is 4. The van der Waals surface area contributed by atoms with Gasteiger partial charge in [-0.15, -0.1) is 0 Å². The van der Waals surface area contributed by atoms with E-state index in [9.17, 15) is 27.6 Å². The van der Waals surface area contributed by atoms with Crippen molar-refractivity contribution in [1.29, 1.82) is 0 Å². The molecule has 35 heavy (non-hydrogen) atoms. The first-order chi connectivity index (χ1) is 16.4. The van der Waals surface area contributed by atoms with E-state index in [-0.39, 0.29) is 27.1 Å². The smallest absolute Gasteiger partial charge is 0.330 e. The van der Waals surface area contributed by atoms with Crippen LogP contribution in [0.25, 0.3) is 5.82 Å². The topological polar surface area (TPSA) is 121 Å². The van der Waals surface area contributed by atoms with Crippen LogP contribution >= 0.6 is 23.2 Å². The molecule has 0 fully saturated rings. The Kier molecular flexibility index (Phi) is 7.51. The summed E-state index contributed by atoms with van der Waals surface area (Å²) >= 11 is 12.0. The van der Waals surface area contributed by atoms with Gasteiger partial charge in [-0.3, -0.25) is 15.0 Å². The Hall–Kier alpha value is -3.84. The predicted octanol–water partition coefficient (Wildman–Crippen LogP) is 3.76. The molecule has 3 N–H and O–H groups in total. The van der Waals surface area contributed by atoms with Gasteiger partial charge in [-0.2, -0.15) is 18.3 Å². The molecule has 4 amide bonds.